The van der Waals surface area contributed by atoms with E-state index in [-0.39, 0.29) is 11.8 Å². The lowest BCUT2D eigenvalue weighted by Gasteiger charge is -2.20. The van der Waals surface area contributed by atoms with Crippen molar-refractivity contribution >= 4 is 22.6 Å². The number of benzene rings is 3. The van der Waals surface area contributed by atoms with Gasteiger partial charge in [-0.2, -0.15) is 0 Å². The molecule has 1 amide bonds. The van der Waals surface area contributed by atoms with Gasteiger partial charge in [0, 0.05) is 31.5 Å². The number of methoxy groups -OCH3 is 3. The van der Waals surface area contributed by atoms with Gasteiger partial charge in [-0.05, 0) is 61.4 Å². The van der Waals surface area contributed by atoms with Crippen LogP contribution in [0.15, 0.2) is 66.7 Å². The van der Waals surface area contributed by atoms with E-state index in [1.54, 1.807) is 26.2 Å². The lowest BCUT2D eigenvalue weighted by molar-refractivity contribution is -0.117. The minimum absolute atomic E-state index is 0.0265. The summed E-state index contributed by atoms with van der Waals surface area (Å²) < 4.78 is 24.3. The van der Waals surface area contributed by atoms with Gasteiger partial charge in [-0.15, -0.1) is 0 Å². The standard InChI is InChI=1S/C30H33N3O5/c1-35-22-10-12-23(13-11-22)38-17-7-6-16-32-26-9-5-4-8-25(26)31-30(32)21-18-29(34)33(20-21)27-19-24(36-2)14-15-28(27)37-3/h4-5,8-15,19,21H,6-7,16-18,20H2,1-3H3. The van der Waals surface area contributed by atoms with E-state index < -0.39 is 0 Å². The number of rotatable bonds is 11. The van der Waals surface area contributed by atoms with E-state index in [4.69, 9.17) is 23.9 Å². The molecule has 0 bridgehead atoms. The Morgan fingerprint density at radius 2 is 1.61 bits per heavy atom. The van der Waals surface area contributed by atoms with Crippen LogP contribution in [0.2, 0.25) is 0 Å². The van der Waals surface area contributed by atoms with Gasteiger partial charge in [-0.1, -0.05) is 12.1 Å². The van der Waals surface area contributed by atoms with Crippen molar-refractivity contribution in [1.29, 1.82) is 0 Å². The third kappa shape index (κ3) is 5.25. The molecule has 38 heavy (non-hydrogen) atoms. The minimum atomic E-state index is -0.0265. The van der Waals surface area contributed by atoms with Crippen LogP contribution >= 0.6 is 0 Å². The van der Waals surface area contributed by atoms with E-state index in [1.807, 2.05) is 60.7 Å². The smallest absolute Gasteiger partial charge is 0.227 e. The number of aromatic nitrogens is 2. The highest BCUT2D eigenvalue weighted by molar-refractivity contribution is 5.98. The number of ether oxygens (including phenoxy) is 4. The Bertz CT molecular complexity index is 1400. The molecule has 8 nitrogen and oxygen atoms in total. The number of fused-ring (bicyclic) bond motifs is 1. The van der Waals surface area contributed by atoms with E-state index in [2.05, 4.69) is 10.6 Å². The lowest BCUT2D eigenvalue weighted by Crippen LogP contribution is -2.25. The molecule has 8 heteroatoms. The van der Waals surface area contributed by atoms with Gasteiger partial charge in [0.05, 0.1) is 44.7 Å². The molecule has 1 aromatic heterocycles. The fraction of sp³-hybridized carbons (Fsp3) is 0.333. The first-order valence-corrected chi connectivity index (χ1v) is 12.9. The summed E-state index contributed by atoms with van der Waals surface area (Å²) in [4.78, 5) is 20.0. The highest BCUT2D eigenvalue weighted by Crippen LogP contribution is 2.39. The largest absolute Gasteiger partial charge is 0.497 e. The number of imidazole rings is 1. The fourth-order valence-corrected chi connectivity index (χ4v) is 5.00. The van der Waals surface area contributed by atoms with Crippen molar-refractivity contribution in [3.05, 3.63) is 72.6 Å². The van der Waals surface area contributed by atoms with Crippen molar-refractivity contribution in [2.45, 2.75) is 31.7 Å². The van der Waals surface area contributed by atoms with Gasteiger partial charge in [0.2, 0.25) is 5.91 Å². The van der Waals surface area contributed by atoms with Crippen LogP contribution in [0, 0.1) is 0 Å². The maximum absolute atomic E-state index is 13.2. The Balaban J connectivity index is 1.30. The SMILES string of the molecule is COc1ccc(OCCCCn2c(C3CC(=O)N(c4cc(OC)ccc4OC)C3)nc3ccccc32)cc1. The van der Waals surface area contributed by atoms with E-state index in [9.17, 15) is 4.79 Å². The number of nitrogens with zero attached hydrogens (tertiary/aromatic N) is 3. The maximum atomic E-state index is 13.2. The van der Waals surface area contributed by atoms with Crippen molar-refractivity contribution in [2.75, 3.05) is 39.4 Å². The number of hydrogen-bond donors (Lipinski definition) is 0. The second kappa shape index (κ2) is 11.5. The Labute approximate surface area is 222 Å². The van der Waals surface area contributed by atoms with Gasteiger partial charge in [-0.25, -0.2) is 4.98 Å². The quantitative estimate of drug-likeness (QED) is 0.248. The zero-order valence-electron chi connectivity index (χ0n) is 22.1. The van der Waals surface area contributed by atoms with Crippen LogP contribution < -0.4 is 23.8 Å². The van der Waals surface area contributed by atoms with Crippen LogP contribution in [0.5, 0.6) is 23.0 Å². The van der Waals surface area contributed by atoms with Crippen LogP contribution in [0.3, 0.4) is 0 Å². The van der Waals surface area contributed by atoms with Gasteiger partial charge < -0.3 is 28.4 Å². The normalized spacial score (nSPS) is 15.2. The summed E-state index contributed by atoms with van der Waals surface area (Å²) >= 11 is 0. The van der Waals surface area contributed by atoms with Gasteiger partial charge in [0.1, 0.15) is 28.8 Å². The lowest BCUT2D eigenvalue weighted by atomic mass is 10.1. The number of anilines is 1. The van der Waals surface area contributed by atoms with Crippen molar-refractivity contribution in [3.8, 4) is 23.0 Å². The Morgan fingerprint density at radius 1 is 0.868 bits per heavy atom. The summed E-state index contributed by atoms with van der Waals surface area (Å²) in [6.07, 6.45) is 2.22. The number of amides is 1. The topological polar surface area (TPSA) is 75.1 Å². The molecule has 0 spiro atoms. The summed E-state index contributed by atoms with van der Waals surface area (Å²) in [7, 11) is 4.88. The van der Waals surface area contributed by atoms with Crippen LogP contribution in [0.25, 0.3) is 11.0 Å². The highest BCUT2D eigenvalue weighted by atomic mass is 16.5. The molecule has 1 aliphatic rings. The first kappa shape index (κ1) is 25.4. The molecule has 1 aliphatic heterocycles. The first-order chi connectivity index (χ1) is 18.6. The number of hydrogen-bond acceptors (Lipinski definition) is 6. The second-order valence-corrected chi connectivity index (χ2v) is 9.28. The Morgan fingerprint density at radius 3 is 2.37 bits per heavy atom. The Kier molecular flexibility index (Phi) is 7.67. The molecule has 0 N–H and O–H groups in total. The number of para-hydroxylation sites is 2. The van der Waals surface area contributed by atoms with Crippen molar-refractivity contribution in [3.63, 3.8) is 0 Å². The summed E-state index contributed by atoms with van der Waals surface area (Å²) in [5.74, 6) is 3.93. The molecular weight excluding hydrogens is 482 g/mol. The molecule has 0 aliphatic carbocycles. The molecular formula is C30H33N3O5. The predicted molar refractivity (Wildman–Crippen MR) is 147 cm³/mol. The molecule has 198 valence electrons. The van der Waals surface area contributed by atoms with Crippen LogP contribution in [0.4, 0.5) is 5.69 Å². The zero-order chi connectivity index (χ0) is 26.5. The van der Waals surface area contributed by atoms with Gasteiger partial charge in [0.25, 0.3) is 0 Å². The van der Waals surface area contributed by atoms with E-state index in [0.29, 0.717) is 31.1 Å². The summed E-state index contributed by atoms with van der Waals surface area (Å²) in [6.45, 7) is 1.96. The molecule has 3 aromatic carbocycles. The van der Waals surface area contributed by atoms with E-state index in [0.717, 1.165) is 53.4 Å². The predicted octanol–water partition coefficient (Wildman–Crippen LogP) is 5.44. The van der Waals surface area contributed by atoms with Crippen LogP contribution in [-0.4, -0.2) is 49.9 Å². The average molecular weight is 516 g/mol. The summed E-state index contributed by atoms with van der Waals surface area (Å²) in [5, 5.41) is 0. The summed E-state index contributed by atoms with van der Waals surface area (Å²) in [5.41, 5.74) is 2.75. The summed E-state index contributed by atoms with van der Waals surface area (Å²) in [6, 6.07) is 21.3. The fourth-order valence-electron chi connectivity index (χ4n) is 5.00. The van der Waals surface area contributed by atoms with E-state index in [1.165, 1.54) is 0 Å². The van der Waals surface area contributed by atoms with Gasteiger partial charge in [-0.3, -0.25) is 4.79 Å². The molecule has 5 rings (SSSR count). The zero-order valence-corrected chi connectivity index (χ0v) is 22.1. The number of aryl methyl sites for hydroxylation is 1. The number of carbonyl (C=O) groups is 1. The average Bonchev–Trinajstić information content (AvgIpc) is 3.53. The van der Waals surface area contributed by atoms with Crippen LogP contribution in [-0.2, 0) is 11.3 Å². The molecule has 0 saturated carbocycles. The molecule has 1 atom stereocenters. The van der Waals surface area contributed by atoms with Gasteiger partial charge >= 0.3 is 0 Å². The molecule has 1 fully saturated rings. The molecule has 1 saturated heterocycles. The van der Waals surface area contributed by atoms with Crippen LogP contribution in [0.1, 0.15) is 31.0 Å². The van der Waals surface area contributed by atoms with Crippen molar-refractivity contribution in [2.24, 2.45) is 0 Å². The highest BCUT2D eigenvalue weighted by Gasteiger charge is 2.36. The second-order valence-electron chi connectivity index (χ2n) is 9.28. The first-order valence-electron chi connectivity index (χ1n) is 12.9. The monoisotopic (exact) mass is 515 g/mol. The maximum Gasteiger partial charge on any atom is 0.227 e. The molecule has 1 unspecified atom stereocenters. The van der Waals surface area contributed by atoms with E-state index >= 15 is 0 Å². The number of unbranched alkanes of at least 4 members (excludes halogenated alkanes) is 1. The molecule has 4 aromatic rings. The minimum Gasteiger partial charge on any atom is -0.497 e. The third-order valence-corrected chi connectivity index (χ3v) is 6.96. The van der Waals surface area contributed by atoms with Crippen molar-refractivity contribution < 1.29 is 23.7 Å². The molecule has 0 radical (unpaired) electrons. The van der Waals surface area contributed by atoms with Gasteiger partial charge in [0.15, 0.2) is 0 Å². The number of carbonyl (C=O) groups excluding carboxylic acids is 1. The van der Waals surface area contributed by atoms with Crippen molar-refractivity contribution in [1.82, 2.24) is 9.55 Å². The molecule has 2 heterocycles. The third-order valence-electron chi connectivity index (χ3n) is 6.96. The Hall–Kier alpha value is -4.20.